The third-order valence-corrected chi connectivity index (χ3v) is 1.76. The van der Waals surface area contributed by atoms with Crippen LogP contribution in [0.25, 0.3) is 5.69 Å². The van der Waals surface area contributed by atoms with Crippen molar-refractivity contribution in [1.82, 2.24) is 20.2 Å². The minimum atomic E-state index is 0.524. The average molecular weight is 175 g/mol. The first-order valence-corrected chi connectivity index (χ1v) is 3.92. The van der Waals surface area contributed by atoms with Crippen molar-refractivity contribution in [2.45, 2.75) is 6.54 Å². The SMILES string of the molecule is NCc1cccc(-n2cnnn2)c1. The van der Waals surface area contributed by atoms with E-state index < -0.39 is 0 Å². The van der Waals surface area contributed by atoms with E-state index in [0.29, 0.717) is 6.54 Å². The van der Waals surface area contributed by atoms with Crippen LogP contribution in [0.15, 0.2) is 30.6 Å². The highest BCUT2D eigenvalue weighted by atomic mass is 15.5. The van der Waals surface area contributed by atoms with Crippen molar-refractivity contribution in [2.75, 3.05) is 0 Å². The number of hydrogen-bond acceptors (Lipinski definition) is 4. The fourth-order valence-electron chi connectivity index (χ4n) is 1.11. The van der Waals surface area contributed by atoms with E-state index in [1.165, 1.54) is 0 Å². The summed E-state index contributed by atoms with van der Waals surface area (Å²) in [7, 11) is 0. The van der Waals surface area contributed by atoms with Gasteiger partial charge >= 0.3 is 0 Å². The molecule has 0 aliphatic carbocycles. The number of nitrogens with zero attached hydrogens (tertiary/aromatic N) is 4. The van der Waals surface area contributed by atoms with Gasteiger partial charge in [-0.1, -0.05) is 12.1 Å². The van der Waals surface area contributed by atoms with Crippen molar-refractivity contribution in [3.05, 3.63) is 36.2 Å². The quantitative estimate of drug-likeness (QED) is 0.703. The van der Waals surface area contributed by atoms with Crippen molar-refractivity contribution in [3.63, 3.8) is 0 Å². The van der Waals surface area contributed by atoms with Gasteiger partial charge in [-0.05, 0) is 28.1 Å². The van der Waals surface area contributed by atoms with Gasteiger partial charge < -0.3 is 5.73 Å². The average Bonchev–Trinajstić information content (AvgIpc) is 2.71. The third-order valence-electron chi connectivity index (χ3n) is 1.76. The Morgan fingerprint density at radius 3 is 3.00 bits per heavy atom. The lowest BCUT2D eigenvalue weighted by Crippen LogP contribution is -1.99. The molecular weight excluding hydrogens is 166 g/mol. The molecular formula is C8H9N5. The van der Waals surface area contributed by atoms with Crippen molar-refractivity contribution >= 4 is 0 Å². The molecule has 0 radical (unpaired) electrons. The largest absolute Gasteiger partial charge is 0.326 e. The molecule has 0 spiro atoms. The summed E-state index contributed by atoms with van der Waals surface area (Å²) in [5.41, 5.74) is 7.50. The zero-order valence-electron chi connectivity index (χ0n) is 6.96. The number of benzene rings is 1. The molecule has 66 valence electrons. The molecule has 0 saturated heterocycles. The lowest BCUT2D eigenvalue weighted by atomic mass is 10.2. The molecule has 0 atom stereocenters. The summed E-state index contributed by atoms with van der Waals surface area (Å²) in [6.07, 6.45) is 1.55. The van der Waals surface area contributed by atoms with Crippen LogP contribution in [-0.2, 0) is 6.54 Å². The zero-order chi connectivity index (χ0) is 9.10. The van der Waals surface area contributed by atoms with E-state index in [1.54, 1.807) is 11.0 Å². The maximum absolute atomic E-state index is 5.51. The number of hydrogen-bond donors (Lipinski definition) is 1. The summed E-state index contributed by atoms with van der Waals surface area (Å²) in [5, 5.41) is 10.9. The van der Waals surface area contributed by atoms with Crippen LogP contribution in [0.2, 0.25) is 0 Å². The molecule has 2 aromatic rings. The number of nitrogens with two attached hydrogens (primary N) is 1. The molecule has 1 aromatic carbocycles. The molecule has 1 heterocycles. The minimum absolute atomic E-state index is 0.524. The molecule has 1 aromatic heterocycles. The smallest absolute Gasteiger partial charge is 0.143 e. The van der Waals surface area contributed by atoms with E-state index in [-0.39, 0.29) is 0 Å². The van der Waals surface area contributed by atoms with Gasteiger partial charge in [0.15, 0.2) is 0 Å². The van der Waals surface area contributed by atoms with Gasteiger partial charge in [-0.2, -0.15) is 0 Å². The van der Waals surface area contributed by atoms with Crippen LogP contribution in [0.3, 0.4) is 0 Å². The molecule has 13 heavy (non-hydrogen) atoms. The van der Waals surface area contributed by atoms with Crippen LogP contribution in [0.5, 0.6) is 0 Å². The van der Waals surface area contributed by atoms with E-state index in [0.717, 1.165) is 11.3 Å². The van der Waals surface area contributed by atoms with Crippen LogP contribution in [0.4, 0.5) is 0 Å². The molecule has 0 aliphatic rings. The molecule has 2 rings (SSSR count). The Bertz CT molecular complexity index is 381. The van der Waals surface area contributed by atoms with Crippen LogP contribution < -0.4 is 5.73 Å². The van der Waals surface area contributed by atoms with Gasteiger partial charge in [-0.3, -0.25) is 0 Å². The molecule has 0 saturated carbocycles. The lowest BCUT2D eigenvalue weighted by molar-refractivity contribution is 0.787. The number of aromatic nitrogens is 4. The molecule has 0 bridgehead atoms. The molecule has 2 N–H and O–H groups in total. The molecule has 0 aliphatic heterocycles. The molecule has 5 nitrogen and oxygen atoms in total. The Morgan fingerprint density at radius 2 is 2.31 bits per heavy atom. The Morgan fingerprint density at radius 1 is 1.38 bits per heavy atom. The summed E-state index contributed by atoms with van der Waals surface area (Å²) >= 11 is 0. The highest BCUT2D eigenvalue weighted by Crippen LogP contribution is 2.07. The van der Waals surface area contributed by atoms with Gasteiger partial charge in [-0.15, -0.1) is 5.10 Å². The fraction of sp³-hybridized carbons (Fsp3) is 0.125. The van der Waals surface area contributed by atoms with Crippen molar-refractivity contribution in [1.29, 1.82) is 0 Å². The van der Waals surface area contributed by atoms with Gasteiger partial charge in [0.1, 0.15) is 6.33 Å². The molecule has 5 heteroatoms. The van der Waals surface area contributed by atoms with Crippen LogP contribution in [0, 0.1) is 0 Å². The normalized spacial score (nSPS) is 10.2. The maximum Gasteiger partial charge on any atom is 0.143 e. The Balaban J connectivity index is 2.41. The maximum atomic E-state index is 5.51. The summed E-state index contributed by atoms with van der Waals surface area (Å²) in [5.74, 6) is 0. The van der Waals surface area contributed by atoms with Crippen LogP contribution >= 0.6 is 0 Å². The molecule has 0 amide bonds. The number of tetrazole rings is 1. The number of rotatable bonds is 2. The molecule has 0 fully saturated rings. The van der Waals surface area contributed by atoms with Crippen molar-refractivity contribution in [2.24, 2.45) is 5.73 Å². The van der Waals surface area contributed by atoms with Gasteiger partial charge in [0.2, 0.25) is 0 Å². The van der Waals surface area contributed by atoms with Gasteiger partial charge in [-0.25, -0.2) is 4.68 Å². The minimum Gasteiger partial charge on any atom is -0.326 e. The fourth-order valence-corrected chi connectivity index (χ4v) is 1.11. The first-order valence-electron chi connectivity index (χ1n) is 3.92. The van der Waals surface area contributed by atoms with Gasteiger partial charge in [0.25, 0.3) is 0 Å². The van der Waals surface area contributed by atoms with E-state index in [9.17, 15) is 0 Å². The van der Waals surface area contributed by atoms with E-state index in [4.69, 9.17) is 5.73 Å². The Hall–Kier alpha value is -1.75. The predicted molar refractivity (Wildman–Crippen MR) is 47.0 cm³/mol. The van der Waals surface area contributed by atoms with E-state index in [1.807, 2.05) is 24.3 Å². The topological polar surface area (TPSA) is 69.6 Å². The van der Waals surface area contributed by atoms with Gasteiger partial charge in [0.05, 0.1) is 5.69 Å². The molecule has 0 unspecified atom stereocenters. The third kappa shape index (κ3) is 1.54. The second-order valence-corrected chi connectivity index (χ2v) is 2.63. The lowest BCUT2D eigenvalue weighted by Gasteiger charge is -2.00. The first-order chi connectivity index (χ1) is 6.40. The predicted octanol–water partition coefficient (Wildman–Crippen LogP) is 0.121. The zero-order valence-corrected chi connectivity index (χ0v) is 6.96. The monoisotopic (exact) mass is 175 g/mol. The summed E-state index contributed by atoms with van der Waals surface area (Å²) in [4.78, 5) is 0. The summed E-state index contributed by atoms with van der Waals surface area (Å²) in [6.45, 7) is 0.524. The Labute approximate surface area is 75.2 Å². The second kappa shape index (κ2) is 3.32. The van der Waals surface area contributed by atoms with Crippen LogP contribution in [-0.4, -0.2) is 20.2 Å². The summed E-state index contributed by atoms with van der Waals surface area (Å²) in [6, 6.07) is 7.78. The van der Waals surface area contributed by atoms with E-state index >= 15 is 0 Å². The standard InChI is InChI=1S/C8H9N5/c9-5-7-2-1-3-8(4-7)13-6-10-11-12-13/h1-4,6H,5,9H2. The highest BCUT2D eigenvalue weighted by Gasteiger charge is 1.97. The van der Waals surface area contributed by atoms with Gasteiger partial charge in [0, 0.05) is 6.54 Å². The van der Waals surface area contributed by atoms with Crippen LogP contribution in [0.1, 0.15) is 5.56 Å². The highest BCUT2D eigenvalue weighted by molar-refractivity contribution is 5.34. The second-order valence-electron chi connectivity index (χ2n) is 2.63. The van der Waals surface area contributed by atoms with Crippen molar-refractivity contribution in [3.8, 4) is 5.69 Å². The Kier molecular flexibility index (Phi) is 2.01. The van der Waals surface area contributed by atoms with E-state index in [2.05, 4.69) is 15.5 Å². The first kappa shape index (κ1) is 7.88. The summed E-state index contributed by atoms with van der Waals surface area (Å²) < 4.78 is 1.60. The van der Waals surface area contributed by atoms with Crippen molar-refractivity contribution < 1.29 is 0 Å².